The van der Waals surface area contributed by atoms with E-state index in [0.717, 1.165) is 17.1 Å². The third-order valence-corrected chi connectivity index (χ3v) is 5.01. The summed E-state index contributed by atoms with van der Waals surface area (Å²) in [5.41, 5.74) is 5.46. The van der Waals surface area contributed by atoms with E-state index in [1.807, 2.05) is 0 Å². The number of halogens is 4. The maximum atomic E-state index is 13.1. The van der Waals surface area contributed by atoms with Crippen LogP contribution in [0.2, 0.25) is 0 Å². The molecule has 3 aromatic rings. The Kier molecular flexibility index (Phi) is 8.18. The number of nitrogens with two attached hydrogens (primary N) is 1. The van der Waals surface area contributed by atoms with E-state index in [0.29, 0.717) is 0 Å². The van der Waals surface area contributed by atoms with Gasteiger partial charge in [-0.2, -0.15) is 13.2 Å². The van der Waals surface area contributed by atoms with Gasteiger partial charge in [0.15, 0.2) is 12.8 Å². The van der Waals surface area contributed by atoms with Crippen LogP contribution in [0.1, 0.15) is 17.4 Å². The van der Waals surface area contributed by atoms with Crippen LogP contribution in [-0.4, -0.2) is 54.8 Å². The van der Waals surface area contributed by atoms with Gasteiger partial charge in [0.05, 0.1) is 12.2 Å². The van der Waals surface area contributed by atoms with Crippen molar-refractivity contribution in [3.63, 3.8) is 0 Å². The topological polar surface area (TPSA) is 232 Å². The molecule has 1 saturated heterocycles. The summed E-state index contributed by atoms with van der Waals surface area (Å²) in [4.78, 5) is 13.6. The van der Waals surface area contributed by atoms with Gasteiger partial charge in [0.25, 0.3) is 12.1 Å². The number of fused-ring (bicyclic) bond motifs is 1. The quantitative estimate of drug-likeness (QED) is 0.222. The fourth-order valence-electron chi connectivity index (χ4n) is 3.40. The third kappa shape index (κ3) is 6.27. The Hall–Kier alpha value is -2.87. The Morgan fingerprint density at radius 3 is 2.36 bits per heavy atom. The van der Waals surface area contributed by atoms with E-state index in [2.05, 4.69) is 9.97 Å². The Bertz CT molecular complexity index is 1190. The highest BCUT2D eigenvalue weighted by molar-refractivity contribution is 5.79. The minimum Gasteiger partial charge on any atom is -0.394 e. The molecule has 3 heterocycles. The summed E-state index contributed by atoms with van der Waals surface area (Å²) in [5.74, 6) is -0.0417. The normalized spacial score (nSPS) is 22.4. The predicted molar refractivity (Wildman–Crippen MR) is 96.9 cm³/mol. The van der Waals surface area contributed by atoms with Crippen molar-refractivity contribution in [2.24, 2.45) is 0 Å². The minimum atomic E-state index is -4.94. The van der Waals surface area contributed by atoms with E-state index < -0.39 is 59.7 Å². The average Bonchev–Trinajstić information content (AvgIpc) is 3.33. The zero-order valence-electron chi connectivity index (χ0n) is 17.9. The third-order valence-electron chi connectivity index (χ3n) is 5.01. The second kappa shape index (κ2) is 10.6. The summed E-state index contributed by atoms with van der Waals surface area (Å²) in [6, 6.07) is 5.00. The fourth-order valence-corrected chi connectivity index (χ4v) is 3.40. The second-order valence-electron chi connectivity index (χ2n) is 7.31. The molecule has 14 nitrogen and oxygen atoms in total. The first kappa shape index (κ1) is 27.7. The van der Waals surface area contributed by atoms with E-state index >= 15 is 0 Å². The molecular weight excluding hydrogens is 523 g/mol. The minimum absolute atomic E-state index is 0.0417. The number of nitrogen functional groups attached to an aromatic ring is 1. The molecule has 4 rings (SSSR count). The lowest BCUT2D eigenvalue weighted by molar-refractivity contribution is -2.00. The fraction of sp³-hybridized carbons (Fsp3) is 0.389. The summed E-state index contributed by atoms with van der Waals surface area (Å²) in [5, 5.41) is 29.4. The van der Waals surface area contributed by atoms with Crippen molar-refractivity contribution in [2.75, 3.05) is 12.3 Å². The zero-order valence-corrected chi connectivity index (χ0v) is 18.6. The number of anilines is 1. The number of aliphatic hydroxyl groups is 3. The number of nitrogens with zero attached hydrogens (tertiary/aromatic N) is 4. The van der Waals surface area contributed by atoms with Gasteiger partial charge in [-0.05, 0) is 6.07 Å². The van der Waals surface area contributed by atoms with E-state index in [1.165, 1.54) is 29.1 Å². The molecule has 36 heavy (non-hydrogen) atoms. The van der Waals surface area contributed by atoms with Crippen molar-refractivity contribution in [1.29, 1.82) is 0 Å². The monoisotopic (exact) mass is 541 g/mol. The van der Waals surface area contributed by atoms with E-state index in [9.17, 15) is 28.5 Å². The van der Waals surface area contributed by atoms with Crippen LogP contribution in [0.5, 0.6) is 0 Å². The molecule has 18 heteroatoms. The molecule has 4 atom stereocenters. The molecule has 0 unspecified atom stereocenters. The van der Waals surface area contributed by atoms with Crippen molar-refractivity contribution >= 4 is 17.0 Å². The number of aliphatic hydroxyl groups excluding tert-OH is 3. The van der Waals surface area contributed by atoms with Crippen LogP contribution in [0.3, 0.4) is 0 Å². The van der Waals surface area contributed by atoms with Crippen LogP contribution in [0.25, 0.3) is 11.2 Å². The first-order valence-corrected chi connectivity index (χ1v) is 11.0. The molecule has 0 spiro atoms. The van der Waals surface area contributed by atoms with Gasteiger partial charge in [-0.3, -0.25) is 4.57 Å². The lowest BCUT2D eigenvalue weighted by atomic mass is 10.1. The number of hydrogen-bond acceptors (Lipinski definition) is 12. The number of hydrogen-bond donors (Lipinski definition) is 4. The molecule has 198 valence electrons. The molecule has 1 fully saturated rings. The predicted octanol–water partition coefficient (Wildman–Crippen LogP) is -5.20. The zero-order chi connectivity index (χ0) is 26.8. The van der Waals surface area contributed by atoms with E-state index in [-0.39, 0.29) is 22.5 Å². The maximum Gasteiger partial charge on any atom is 0.416 e. The van der Waals surface area contributed by atoms with Crippen LogP contribution >= 0.6 is 0 Å². The Labute approximate surface area is 201 Å². The molecule has 0 amide bonds. The molecule has 5 N–H and O–H groups in total. The number of alkyl halides is 3. The summed E-state index contributed by atoms with van der Waals surface area (Å²) < 4.78 is 81.2. The van der Waals surface area contributed by atoms with Crippen molar-refractivity contribution in [2.45, 2.75) is 37.3 Å². The van der Waals surface area contributed by atoms with Gasteiger partial charge >= 0.3 is 6.18 Å². The summed E-state index contributed by atoms with van der Waals surface area (Å²) in [6.07, 6.45) is -6.82. The molecule has 1 aliphatic heterocycles. The standard InChI is InChI=1S/C18H18F3N5O5.ClHO4/c19-18(20,21)10-4-2-1-3-9(10)6-30-26-8-24-16-12(15(26)22)23-7-25(16)17-14(29)13(28)11(5-27)31-17;2-1(3,4)5/h1-4,7-8,11,13-14,17,22,27-29H,5-6H2;(H,2,3,4,5)/t11-,13-,14-,17-;/m1./s1. The van der Waals surface area contributed by atoms with E-state index in [1.54, 1.807) is 0 Å². The van der Waals surface area contributed by atoms with Gasteiger partial charge < -0.3 is 30.6 Å². The van der Waals surface area contributed by atoms with Gasteiger partial charge in [-0.25, -0.2) is 23.6 Å². The largest absolute Gasteiger partial charge is 0.416 e. The van der Waals surface area contributed by atoms with Crippen LogP contribution in [0, 0.1) is 10.2 Å². The molecule has 1 aromatic carbocycles. The summed E-state index contributed by atoms with van der Waals surface area (Å²) >= 11 is 0. The lowest BCUT2D eigenvalue weighted by Crippen LogP contribution is -2.68. The first-order valence-electron chi connectivity index (χ1n) is 9.77. The average molecular weight is 542 g/mol. The summed E-state index contributed by atoms with van der Waals surface area (Å²) in [6.45, 7) is -0.919. The SMILES string of the molecule is Nc1c2ncn([C@@H]3O[C@H](CO)[C@@H](O)[C@H]3O)c2nc[n+]1OCc1ccccc1C(F)(F)F.[O-][Cl+3]([O-])([O-])[O-]. The molecule has 0 aliphatic carbocycles. The highest BCUT2D eigenvalue weighted by Crippen LogP contribution is 2.33. The van der Waals surface area contributed by atoms with Crippen molar-refractivity contribution in [3.8, 4) is 0 Å². The number of rotatable bonds is 5. The van der Waals surface area contributed by atoms with Gasteiger partial charge in [0.2, 0.25) is 11.2 Å². The number of ether oxygens (including phenoxy) is 1. The van der Waals surface area contributed by atoms with E-state index in [4.69, 9.17) is 33.9 Å². The Morgan fingerprint density at radius 2 is 1.78 bits per heavy atom. The lowest BCUT2D eigenvalue weighted by Gasteiger charge is -2.17. The Balaban J connectivity index is 0.000000658. The number of aromatic nitrogens is 4. The number of imidazole rings is 1. The van der Waals surface area contributed by atoms with Crippen LogP contribution in [-0.2, 0) is 17.5 Å². The highest BCUT2D eigenvalue weighted by atomic mass is 35.7. The molecular formula is C18H19ClF3N5O9. The van der Waals surface area contributed by atoms with Crippen LogP contribution in [0.15, 0.2) is 36.9 Å². The smallest absolute Gasteiger partial charge is 0.394 e. The summed E-state index contributed by atoms with van der Waals surface area (Å²) in [7, 11) is -4.94. The van der Waals surface area contributed by atoms with Gasteiger partial charge in [0, 0.05) is 5.56 Å². The number of benzene rings is 1. The second-order valence-corrected chi connectivity index (χ2v) is 8.07. The molecule has 1 aliphatic rings. The van der Waals surface area contributed by atoms with Gasteiger partial charge in [0.1, 0.15) is 24.6 Å². The van der Waals surface area contributed by atoms with Crippen molar-refractivity contribution < 1.29 is 71.7 Å². The molecule has 0 bridgehead atoms. The van der Waals surface area contributed by atoms with Gasteiger partial charge in [-0.1, -0.05) is 27.9 Å². The van der Waals surface area contributed by atoms with Gasteiger partial charge in [-0.15, -0.1) is 10.2 Å². The van der Waals surface area contributed by atoms with Crippen LogP contribution < -0.4 is 33.9 Å². The highest BCUT2D eigenvalue weighted by Gasteiger charge is 2.44. The molecule has 0 saturated carbocycles. The maximum absolute atomic E-state index is 13.1. The van der Waals surface area contributed by atoms with Crippen LogP contribution in [0.4, 0.5) is 19.0 Å². The van der Waals surface area contributed by atoms with Crippen molar-refractivity contribution in [1.82, 2.24) is 14.5 Å². The molecule has 0 radical (unpaired) electrons. The first-order chi connectivity index (χ1) is 16.7. The molecule has 2 aromatic heterocycles. The Morgan fingerprint density at radius 1 is 1.14 bits per heavy atom. The van der Waals surface area contributed by atoms with Crippen molar-refractivity contribution in [3.05, 3.63) is 48.0 Å².